The smallest absolute Gasteiger partial charge is 0.289 e. The first kappa shape index (κ1) is 14.8. The first-order valence-corrected chi connectivity index (χ1v) is 7.47. The van der Waals surface area contributed by atoms with E-state index in [4.69, 9.17) is 23.2 Å². The maximum atomic E-state index is 12.4. The van der Waals surface area contributed by atoms with Crippen molar-refractivity contribution in [1.82, 2.24) is 9.55 Å². The van der Waals surface area contributed by atoms with Gasteiger partial charge in [-0.3, -0.25) is 9.36 Å². The van der Waals surface area contributed by atoms with Crippen molar-refractivity contribution < 1.29 is 0 Å². The van der Waals surface area contributed by atoms with E-state index in [1.165, 1.54) is 0 Å². The minimum Gasteiger partial charge on any atom is -0.298 e. The van der Waals surface area contributed by atoms with Crippen LogP contribution in [0.15, 0.2) is 65.5 Å². The van der Waals surface area contributed by atoms with Crippen LogP contribution in [0.25, 0.3) is 11.3 Å². The third-order valence-corrected chi connectivity index (χ3v) is 3.82. The number of rotatable bonds is 3. The molecule has 3 rings (SSSR count). The van der Waals surface area contributed by atoms with Gasteiger partial charge in [0.1, 0.15) is 0 Å². The summed E-state index contributed by atoms with van der Waals surface area (Å²) in [6, 6.07) is 19.1. The highest BCUT2D eigenvalue weighted by Crippen LogP contribution is 2.26. The summed E-state index contributed by atoms with van der Waals surface area (Å²) in [5.74, 6) is 0. The fourth-order valence-electron chi connectivity index (χ4n) is 2.30. The molecule has 0 aliphatic rings. The predicted molar refractivity (Wildman–Crippen MR) is 89.5 cm³/mol. The monoisotopic (exact) mass is 330 g/mol. The van der Waals surface area contributed by atoms with Crippen LogP contribution in [-0.2, 0) is 6.54 Å². The SMILES string of the molecule is O=c1c(Cl)nc(Cl)c(-c2ccccc2)n1Cc1ccccc1. The number of aromatic nitrogens is 2. The fourth-order valence-corrected chi connectivity index (χ4v) is 2.82. The lowest BCUT2D eigenvalue weighted by atomic mass is 10.1. The Labute approximate surface area is 137 Å². The van der Waals surface area contributed by atoms with Crippen LogP contribution in [0.2, 0.25) is 10.3 Å². The van der Waals surface area contributed by atoms with Crippen LogP contribution in [0.1, 0.15) is 5.56 Å². The molecule has 0 radical (unpaired) electrons. The molecule has 22 heavy (non-hydrogen) atoms. The Morgan fingerprint density at radius 3 is 2.09 bits per heavy atom. The lowest BCUT2D eigenvalue weighted by Gasteiger charge is -2.14. The fraction of sp³-hybridized carbons (Fsp3) is 0.0588. The lowest BCUT2D eigenvalue weighted by Crippen LogP contribution is -2.24. The number of halogens is 2. The lowest BCUT2D eigenvalue weighted by molar-refractivity contribution is 0.758. The summed E-state index contributed by atoms with van der Waals surface area (Å²) in [5.41, 5.74) is 2.03. The van der Waals surface area contributed by atoms with E-state index in [1.807, 2.05) is 60.7 Å². The molecule has 0 aliphatic carbocycles. The van der Waals surface area contributed by atoms with Crippen LogP contribution in [0.3, 0.4) is 0 Å². The summed E-state index contributed by atoms with van der Waals surface area (Å²) < 4.78 is 1.56. The van der Waals surface area contributed by atoms with Gasteiger partial charge in [-0.05, 0) is 5.56 Å². The highest BCUT2D eigenvalue weighted by Gasteiger charge is 2.16. The zero-order valence-electron chi connectivity index (χ0n) is 11.5. The molecule has 0 aliphatic heterocycles. The summed E-state index contributed by atoms with van der Waals surface area (Å²) in [6.45, 7) is 0.381. The van der Waals surface area contributed by atoms with Crippen molar-refractivity contribution in [2.24, 2.45) is 0 Å². The van der Waals surface area contributed by atoms with Crippen molar-refractivity contribution in [3.63, 3.8) is 0 Å². The first-order chi connectivity index (χ1) is 10.7. The summed E-state index contributed by atoms with van der Waals surface area (Å²) in [5, 5.41) is 0.0901. The van der Waals surface area contributed by atoms with E-state index in [0.717, 1.165) is 11.1 Å². The molecule has 110 valence electrons. The number of benzene rings is 2. The van der Waals surface area contributed by atoms with Gasteiger partial charge in [0.2, 0.25) is 0 Å². The summed E-state index contributed by atoms with van der Waals surface area (Å²) in [4.78, 5) is 16.4. The zero-order valence-corrected chi connectivity index (χ0v) is 13.1. The highest BCUT2D eigenvalue weighted by molar-refractivity contribution is 6.33. The van der Waals surface area contributed by atoms with E-state index in [1.54, 1.807) is 4.57 Å². The second-order valence-electron chi connectivity index (χ2n) is 4.78. The Kier molecular flexibility index (Phi) is 4.27. The normalized spacial score (nSPS) is 10.6. The van der Waals surface area contributed by atoms with E-state index in [0.29, 0.717) is 12.2 Å². The minimum atomic E-state index is -0.353. The van der Waals surface area contributed by atoms with Crippen molar-refractivity contribution in [3.05, 3.63) is 86.9 Å². The molecular formula is C17H12Cl2N2O. The zero-order chi connectivity index (χ0) is 15.5. The molecule has 1 aromatic heterocycles. The molecule has 0 saturated carbocycles. The summed E-state index contributed by atoms with van der Waals surface area (Å²) in [7, 11) is 0. The molecule has 2 aromatic carbocycles. The van der Waals surface area contributed by atoms with Gasteiger partial charge < -0.3 is 0 Å². The Morgan fingerprint density at radius 1 is 0.864 bits per heavy atom. The van der Waals surface area contributed by atoms with Gasteiger partial charge in [0.15, 0.2) is 10.3 Å². The van der Waals surface area contributed by atoms with Crippen LogP contribution in [0.5, 0.6) is 0 Å². The molecule has 5 heteroatoms. The standard InChI is InChI=1S/C17H12Cl2N2O/c18-15-14(13-9-5-2-6-10-13)21(17(22)16(19)20-15)11-12-7-3-1-4-8-12/h1-10H,11H2. The molecule has 0 spiro atoms. The second kappa shape index (κ2) is 6.34. The Morgan fingerprint density at radius 2 is 1.45 bits per heavy atom. The predicted octanol–water partition coefficient (Wildman–Crippen LogP) is 4.27. The first-order valence-electron chi connectivity index (χ1n) is 6.72. The van der Waals surface area contributed by atoms with Crippen molar-refractivity contribution in [2.75, 3.05) is 0 Å². The molecule has 0 N–H and O–H groups in total. The van der Waals surface area contributed by atoms with Crippen LogP contribution in [0, 0.1) is 0 Å². The molecule has 3 nitrogen and oxygen atoms in total. The Hall–Kier alpha value is -2.10. The van der Waals surface area contributed by atoms with Crippen molar-refractivity contribution >= 4 is 23.2 Å². The van der Waals surface area contributed by atoms with Gasteiger partial charge >= 0.3 is 0 Å². The third kappa shape index (κ3) is 2.91. The molecule has 3 aromatic rings. The number of nitrogens with zero attached hydrogens (tertiary/aromatic N) is 2. The topological polar surface area (TPSA) is 34.9 Å². The van der Waals surface area contributed by atoms with Crippen LogP contribution in [0.4, 0.5) is 0 Å². The average molecular weight is 331 g/mol. The molecule has 0 bridgehead atoms. The van der Waals surface area contributed by atoms with Crippen LogP contribution < -0.4 is 5.56 Å². The van der Waals surface area contributed by atoms with Gasteiger partial charge in [-0.15, -0.1) is 0 Å². The molecular weight excluding hydrogens is 319 g/mol. The second-order valence-corrected chi connectivity index (χ2v) is 5.50. The van der Waals surface area contributed by atoms with E-state index in [2.05, 4.69) is 4.98 Å². The molecule has 0 saturated heterocycles. The largest absolute Gasteiger partial charge is 0.298 e. The summed E-state index contributed by atoms with van der Waals surface area (Å²) >= 11 is 12.2. The maximum absolute atomic E-state index is 12.4. The average Bonchev–Trinajstić information content (AvgIpc) is 2.54. The molecule has 0 unspecified atom stereocenters. The molecule has 1 heterocycles. The third-order valence-electron chi connectivity index (χ3n) is 3.31. The quantitative estimate of drug-likeness (QED) is 0.718. The van der Waals surface area contributed by atoms with Crippen molar-refractivity contribution in [2.45, 2.75) is 6.54 Å². The maximum Gasteiger partial charge on any atom is 0.289 e. The van der Waals surface area contributed by atoms with Gasteiger partial charge in [0.25, 0.3) is 5.56 Å². The van der Waals surface area contributed by atoms with Crippen LogP contribution in [-0.4, -0.2) is 9.55 Å². The Bertz CT molecular complexity index is 846. The van der Waals surface area contributed by atoms with Crippen molar-refractivity contribution in [1.29, 1.82) is 0 Å². The summed E-state index contributed by atoms with van der Waals surface area (Å²) in [6.07, 6.45) is 0. The van der Waals surface area contributed by atoms with E-state index in [-0.39, 0.29) is 15.9 Å². The number of hydrogen-bond donors (Lipinski definition) is 0. The molecule has 0 atom stereocenters. The van der Waals surface area contributed by atoms with E-state index >= 15 is 0 Å². The van der Waals surface area contributed by atoms with Crippen molar-refractivity contribution in [3.8, 4) is 11.3 Å². The van der Waals surface area contributed by atoms with E-state index < -0.39 is 0 Å². The van der Waals surface area contributed by atoms with Crippen LogP contribution >= 0.6 is 23.2 Å². The number of hydrogen-bond acceptors (Lipinski definition) is 2. The minimum absolute atomic E-state index is 0.124. The van der Waals surface area contributed by atoms with Gasteiger partial charge in [-0.1, -0.05) is 83.9 Å². The van der Waals surface area contributed by atoms with Gasteiger partial charge in [0, 0.05) is 5.56 Å². The highest BCUT2D eigenvalue weighted by atomic mass is 35.5. The van der Waals surface area contributed by atoms with Gasteiger partial charge in [-0.25, -0.2) is 4.98 Å². The van der Waals surface area contributed by atoms with Gasteiger partial charge in [-0.2, -0.15) is 0 Å². The van der Waals surface area contributed by atoms with Gasteiger partial charge in [0.05, 0.1) is 12.2 Å². The van der Waals surface area contributed by atoms with E-state index in [9.17, 15) is 4.79 Å². The molecule has 0 amide bonds. The molecule has 0 fully saturated rings. The Balaban J connectivity index is 2.21.